The number of rotatable bonds is 3. The monoisotopic (exact) mass is 301 g/mol. The van der Waals surface area contributed by atoms with Gasteiger partial charge in [0, 0.05) is 23.9 Å². The molecule has 2 atom stereocenters. The number of aliphatic hydroxyl groups excluding tert-OH is 1. The summed E-state index contributed by atoms with van der Waals surface area (Å²) in [6.07, 6.45) is 2.17. The van der Waals surface area contributed by atoms with Gasteiger partial charge in [0.15, 0.2) is 0 Å². The lowest BCUT2D eigenvalue weighted by molar-refractivity contribution is -0.146. The first-order valence-electron chi connectivity index (χ1n) is 5.62. The highest BCUT2D eigenvalue weighted by molar-refractivity contribution is 7.17. The van der Waals surface area contributed by atoms with Crippen molar-refractivity contribution in [3.63, 3.8) is 0 Å². The second-order valence-corrected chi connectivity index (χ2v) is 5.96. The van der Waals surface area contributed by atoms with Crippen LogP contribution in [0.3, 0.4) is 0 Å². The van der Waals surface area contributed by atoms with E-state index in [9.17, 15) is 14.7 Å². The van der Waals surface area contributed by atoms with E-state index in [1.54, 1.807) is 18.2 Å². The molecule has 102 valence electrons. The van der Waals surface area contributed by atoms with Crippen molar-refractivity contribution in [1.29, 1.82) is 0 Å². The van der Waals surface area contributed by atoms with Crippen molar-refractivity contribution in [3.8, 4) is 0 Å². The number of carboxylic acids is 1. The Balaban J connectivity index is 2.06. The Bertz CT molecular complexity index is 528. The number of thiophene rings is 1. The van der Waals surface area contributed by atoms with Crippen LogP contribution in [0, 0.1) is 0 Å². The first-order valence-corrected chi connectivity index (χ1v) is 6.81. The number of hydrogen-bond donors (Lipinski definition) is 2. The van der Waals surface area contributed by atoms with E-state index in [1.807, 2.05) is 0 Å². The zero-order valence-electron chi connectivity index (χ0n) is 9.82. The highest BCUT2D eigenvalue weighted by Gasteiger charge is 2.37. The molecule has 2 heterocycles. The molecule has 0 unspecified atom stereocenters. The number of carboxylic acid groups (broad SMARTS) is 1. The summed E-state index contributed by atoms with van der Waals surface area (Å²) < 4.78 is 0.618. The quantitative estimate of drug-likeness (QED) is 0.829. The summed E-state index contributed by atoms with van der Waals surface area (Å²) in [5.41, 5.74) is 0. The molecule has 1 fully saturated rings. The van der Waals surface area contributed by atoms with E-state index >= 15 is 0 Å². The zero-order chi connectivity index (χ0) is 14.0. The molecule has 1 aromatic rings. The van der Waals surface area contributed by atoms with Gasteiger partial charge in [-0.2, -0.15) is 0 Å². The number of nitrogens with zero attached hydrogens (tertiary/aromatic N) is 1. The van der Waals surface area contributed by atoms with Crippen LogP contribution in [0.2, 0.25) is 4.34 Å². The maximum Gasteiger partial charge on any atom is 0.326 e. The van der Waals surface area contributed by atoms with Gasteiger partial charge in [0.05, 0.1) is 10.4 Å². The molecular formula is C12H12ClNO4S. The molecule has 0 bridgehead atoms. The molecular weight excluding hydrogens is 290 g/mol. The number of amides is 1. The van der Waals surface area contributed by atoms with Crippen LogP contribution in [-0.2, 0) is 9.59 Å². The van der Waals surface area contributed by atoms with E-state index in [0.717, 1.165) is 4.88 Å². The SMILES string of the molecule is O=C(O)[C@@H]1C[C@@H](O)CN1C(=O)C=Cc1ccc(Cl)s1. The molecule has 7 heteroatoms. The van der Waals surface area contributed by atoms with Crippen LogP contribution in [0.4, 0.5) is 0 Å². The molecule has 1 aliphatic heterocycles. The number of carbonyl (C=O) groups excluding carboxylic acids is 1. The van der Waals surface area contributed by atoms with E-state index in [0.29, 0.717) is 4.34 Å². The molecule has 19 heavy (non-hydrogen) atoms. The molecule has 5 nitrogen and oxygen atoms in total. The average molecular weight is 302 g/mol. The molecule has 0 spiro atoms. The summed E-state index contributed by atoms with van der Waals surface area (Å²) in [5, 5.41) is 18.5. The molecule has 2 N–H and O–H groups in total. The maximum absolute atomic E-state index is 11.9. The minimum Gasteiger partial charge on any atom is -0.480 e. The van der Waals surface area contributed by atoms with Gasteiger partial charge in [0.25, 0.3) is 0 Å². The number of aliphatic carboxylic acids is 1. The highest BCUT2D eigenvalue weighted by Crippen LogP contribution is 2.23. The third kappa shape index (κ3) is 3.34. The predicted molar refractivity (Wildman–Crippen MR) is 72.1 cm³/mol. The lowest BCUT2D eigenvalue weighted by atomic mass is 10.2. The van der Waals surface area contributed by atoms with Crippen LogP contribution in [-0.4, -0.2) is 45.7 Å². The van der Waals surface area contributed by atoms with Crippen molar-refractivity contribution in [1.82, 2.24) is 4.90 Å². The molecule has 0 saturated carbocycles. The van der Waals surface area contributed by atoms with Gasteiger partial charge in [-0.1, -0.05) is 11.6 Å². The Morgan fingerprint density at radius 3 is 2.79 bits per heavy atom. The molecule has 0 aromatic carbocycles. The van der Waals surface area contributed by atoms with Gasteiger partial charge in [-0.05, 0) is 18.2 Å². The maximum atomic E-state index is 11.9. The van der Waals surface area contributed by atoms with Crippen molar-refractivity contribution < 1.29 is 19.8 Å². The van der Waals surface area contributed by atoms with E-state index in [2.05, 4.69) is 0 Å². The second-order valence-electron chi connectivity index (χ2n) is 4.21. The number of likely N-dealkylation sites (tertiary alicyclic amines) is 1. The minimum absolute atomic E-state index is 0.0470. The Kier molecular flexibility index (Phi) is 4.24. The molecule has 0 radical (unpaired) electrons. The average Bonchev–Trinajstić information content (AvgIpc) is 2.92. The summed E-state index contributed by atoms with van der Waals surface area (Å²) in [5.74, 6) is -1.52. The first-order chi connectivity index (χ1) is 8.97. The Morgan fingerprint density at radius 1 is 1.47 bits per heavy atom. The van der Waals surface area contributed by atoms with Crippen LogP contribution in [0.5, 0.6) is 0 Å². The molecule has 1 aromatic heterocycles. The topological polar surface area (TPSA) is 77.8 Å². The van der Waals surface area contributed by atoms with Crippen LogP contribution in [0.15, 0.2) is 18.2 Å². The van der Waals surface area contributed by atoms with Gasteiger partial charge in [0.1, 0.15) is 6.04 Å². The summed E-state index contributed by atoms with van der Waals surface area (Å²) in [4.78, 5) is 24.9. The molecule has 0 aliphatic carbocycles. The van der Waals surface area contributed by atoms with E-state index in [4.69, 9.17) is 16.7 Å². The number of carbonyl (C=O) groups is 2. The van der Waals surface area contributed by atoms with E-state index in [1.165, 1.54) is 22.3 Å². The van der Waals surface area contributed by atoms with Crippen LogP contribution in [0.1, 0.15) is 11.3 Å². The molecule has 1 aliphatic rings. The fraction of sp³-hybridized carbons (Fsp3) is 0.333. The fourth-order valence-electron chi connectivity index (χ4n) is 1.96. The molecule has 1 amide bonds. The lowest BCUT2D eigenvalue weighted by Gasteiger charge is -2.19. The fourth-order valence-corrected chi connectivity index (χ4v) is 2.92. The molecule has 2 rings (SSSR count). The largest absolute Gasteiger partial charge is 0.480 e. The number of hydrogen-bond acceptors (Lipinski definition) is 4. The Hall–Kier alpha value is -1.37. The second kappa shape index (κ2) is 5.73. The van der Waals surface area contributed by atoms with E-state index < -0.39 is 24.0 Å². The number of β-amino-alcohol motifs (C(OH)–C–C–N with tert-alkyl or cyclic N) is 1. The summed E-state index contributed by atoms with van der Waals surface area (Å²) in [6, 6.07) is 2.53. The Labute approximate surface area is 118 Å². The van der Waals surface area contributed by atoms with Gasteiger partial charge >= 0.3 is 5.97 Å². The van der Waals surface area contributed by atoms with Crippen molar-refractivity contribution in [3.05, 3.63) is 27.4 Å². The van der Waals surface area contributed by atoms with Gasteiger partial charge < -0.3 is 15.1 Å². The van der Waals surface area contributed by atoms with E-state index in [-0.39, 0.29) is 13.0 Å². The summed E-state index contributed by atoms with van der Waals surface area (Å²) >= 11 is 7.09. The first kappa shape index (κ1) is 14.0. The molecule has 1 saturated heterocycles. The smallest absolute Gasteiger partial charge is 0.326 e. The predicted octanol–water partition coefficient (Wildman–Crippen LogP) is 1.46. The van der Waals surface area contributed by atoms with Gasteiger partial charge in [-0.25, -0.2) is 4.79 Å². The van der Waals surface area contributed by atoms with Crippen molar-refractivity contribution in [2.45, 2.75) is 18.6 Å². The third-order valence-electron chi connectivity index (χ3n) is 2.83. The minimum atomic E-state index is -1.10. The van der Waals surface area contributed by atoms with Crippen LogP contribution < -0.4 is 0 Å². The van der Waals surface area contributed by atoms with Gasteiger partial charge in [0.2, 0.25) is 5.91 Å². The normalized spacial score (nSPS) is 23.2. The number of aliphatic hydroxyl groups is 1. The summed E-state index contributed by atoms with van der Waals surface area (Å²) in [7, 11) is 0. The van der Waals surface area contributed by atoms with Gasteiger partial charge in [-0.3, -0.25) is 4.79 Å². The lowest BCUT2D eigenvalue weighted by Crippen LogP contribution is -2.39. The summed E-state index contributed by atoms with van der Waals surface area (Å²) in [6.45, 7) is 0.0470. The third-order valence-corrected chi connectivity index (χ3v) is 4.03. The van der Waals surface area contributed by atoms with Crippen molar-refractivity contribution >= 4 is 40.9 Å². The highest BCUT2D eigenvalue weighted by atomic mass is 35.5. The standard InChI is InChI=1S/C12H12ClNO4S/c13-10-3-1-8(19-10)2-4-11(16)14-6-7(15)5-9(14)12(17)18/h1-4,7,9,15H,5-6H2,(H,17,18)/t7-,9+/m1/s1. The van der Waals surface area contributed by atoms with Crippen LogP contribution >= 0.6 is 22.9 Å². The van der Waals surface area contributed by atoms with Crippen LogP contribution in [0.25, 0.3) is 6.08 Å². The Morgan fingerprint density at radius 2 is 2.21 bits per heavy atom. The van der Waals surface area contributed by atoms with Gasteiger partial charge in [-0.15, -0.1) is 11.3 Å². The number of halogens is 1. The van der Waals surface area contributed by atoms with Crippen molar-refractivity contribution in [2.75, 3.05) is 6.54 Å². The van der Waals surface area contributed by atoms with Crippen molar-refractivity contribution in [2.24, 2.45) is 0 Å². The zero-order valence-corrected chi connectivity index (χ0v) is 11.4.